The minimum absolute atomic E-state index is 0.577. The van der Waals surface area contributed by atoms with Gasteiger partial charge in [0.15, 0.2) is 0 Å². The molecule has 3 aromatic rings. The van der Waals surface area contributed by atoms with Gasteiger partial charge in [-0.25, -0.2) is 0 Å². The predicted octanol–water partition coefficient (Wildman–Crippen LogP) is 8.60. The first-order valence-corrected chi connectivity index (χ1v) is 15.5. The van der Waals surface area contributed by atoms with Crippen molar-refractivity contribution in [3.8, 4) is 11.1 Å². The van der Waals surface area contributed by atoms with Crippen molar-refractivity contribution in [1.82, 2.24) is 0 Å². The van der Waals surface area contributed by atoms with Crippen LogP contribution in [-0.4, -0.2) is 8.07 Å². The predicted molar refractivity (Wildman–Crippen MR) is 139 cm³/mol. The number of benzene rings is 3. The van der Waals surface area contributed by atoms with Crippen LogP contribution in [0.25, 0.3) is 11.1 Å². The number of fused-ring (bicyclic) bond motifs is 6. The van der Waals surface area contributed by atoms with E-state index in [2.05, 4.69) is 92.0 Å². The molecule has 0 bridgehead atoms. The molecule has 0 aromatic heterocycles. The summed E-state index contributed by atoms with van der Waals surface area (Å²) in [5.74, 6) is 1.62. The molecule has 0 aliphatic heterocycles. The summed E-state index contributed by atoms with van der Waals surface area (Å²) in [5, 5.41) is 0. The lowest BCUT2D eigenvalue weighted by Gasteiger charge is -2.45. The van der Waals surface area contributed by atoms with E-state index in [1.54, 1.807) is 22.3 Å². The minimum atomic E-state index is -1.84. The van der Waals surface area contributed by atoms with E-state index in [1.165, 1.54) is 42.9 Å². The molecular formula is C31H34Si. The summed E-state index contributed by atoms with van der Waals surface area (Å²) in [7, 11) is -1.84. The highest BCUT2D eigenvalue weighted by Gasteiger charge is 2.55. The Morgan fingerprint density at radius 2 is 1.34 bits per heavy atom. The molecule has 1 fully saturated rings. The summed E-state index contributed by atoms with van der Waals surface area (Å²) in [6.07, 6.45) is 8.94. The van der Waals surface area contributed by atoms with Crippen LogP contribution in [0.3, 0.4) is 0 Å². The second-order valence-corrected chi connectivity index (χ2v) is 15.3. The van der Waals surface area contributed by atoms with Crippen molar-refractivity contribution in [3.05, 3.63) is 108 Å². The largest absolute Gasteiger partial charge is 0.103 e. The van der Waals surface area contributed by atoms with Gasteiger partial charge in [0.2, 0.25) is 0 Å². The lowest BCUT2D eigenvalue weighted by Crippen LogP contribution is -2.47. The van der Waals surface area contributed by atoms with Crippen LogP contribution in [0.4, 0.5) is 0 Å². The summed E-state index contributed by atoms with van der Waals surface area (Å²) in [4.78, 5) is 0. The van der Waals surface area contributed by atoms with Gasteiger partial charge < -0.3 is 0 Å². The van der Waals surface area contributed by atoms with Gasteiger partial charge in [0.25, 0.3) is 0 Å². The second-order valence-electron chi connectivity index (χ2n) is 10.6. The SMILES string of the molecule is C=CCC[Si](C)(C1c2ccccc2-c2ccccc21)C1c2ccccc2[C@@H]2CCCC[C@@H]12. The molecule has 162 valence electrons. The molecule has 3 aromatic carbocycles. The molecule has 0 heterocycles. The lowest BCUT2D eigenvalue weighted by molar-refractivity contribution is 0.317. The van der Waals surface area contributed by atoms with Gasteiger partial charge in [-0.15, -0.1) is 6.58 Å². The first-order valence-electron chi connectivity index (χ1n) is 12.6. The number of allylic oxidation sites excluding steroid dienone is 1. The van der Waals surface area contributed by atoms with Crippen LogP contribution in [0, 0.1) is 5.92 Å². The maximum Gasteiger partial charge on any atom is 0.0716 e. The Bertz CT molecular complexity index is 1110. The average Bonchev–Trinajstić information content (AvgIpc) is 3.37. The Balaban J connectivity index is 1.57. The van der Waals surface area contributed by atoms with E-state index in [0.717, 1.165) is 23.8 Å². The van der Waals surface area contributed by atoms with Gasteiger partial charge in [0, 0.05) is 5.54 Å². The van der Waals surface area contributed by atoms with Crippen LogP contribution in [0.1, 0.15) is 71.4 Å². The van der Waals surface area contributed by atoms with Crippen LogP contribution >= 0.6 is 0 Å². The van der Waals surface area contributed by atoms with Crippen LogP contribution in [0.2, 0.25) is 12.6 Å². The normalized spacial score (nSPS) is 25.3. The zero-order chi connectivity index (χ0) is 21.7. The molecule has 4 atom stereocenters. The Labute approximate surface area is 194 Å². The standard InChI is InChI=1S/C31H34Si/c1-3-4-21-32(2,30-26-17-9-5-13-22(26)23-14-6-10-18-27(23)30)31-28-19-11-7-15-24(28)25-16-8-12-20-29(25)31/h3,5-7,9-11,13-15,17-19,25,29-31H,1,4,8,12,16,20-21H2,2H3/t25-,29+,31?,32?/m0/s1. The van der Waals surface area contributed by atoms with Gasteiger partial charge in [-0.05, 0) is 70.0 Å². The fraction of sp³-hybridized carbons (Fsp3) is 0.355. The quantitative estimate of drug-likeness (QED) is 0.278. The van der Waals surface area contributed by atoms with Crippen molar-refractivity contribution in [2.24, 2.45) is 5.92 Å². The van der Waals surface area contributed by atoms with Crippen molar-refractivity contribution in [3.63, 3.8) is 0 Å². The summed E-state index contributed by atoms with van der Waals surface area (Å²) < 4.78 is 0. The first kappa shape index (κ1) is 20.2. The third-order valence-electron chi connectivity index (χ3n) is 9.07. The molecule has 0 spiro atoms. The van der Waals surface area contributed by atoms with Gasteiger partial charge in [-0.2, -0.15) is 0 Å². The zero-order valence-electron chi connectivity index (χ0n) is 19.3. The van der Waals surface area contributed by atoms with Gasteiger partial charge >= 0.3 is 0 Å². The molecule has 1 saturated carbocycles. The van der Waals surface area contributed by atoms with Gasteiger partial charge in [0.1, 0.15) is 0 Å². The third kappa shape index (κ3) is 2.87. The molecule has 6 rings (SSSR count). The highest BCUT2D eigenvalue weighted by Crippen LogP contribution is 2.62. The Morgan fingerprint density at radius 1 is 0.781 bits per heavy atom. The Hall–Kier alpha value is -2.38. The van der Waals surface area contributed by atoms with Gasteiger partial charge in [-0.1, -0.05) is 104 Å². The topological polar surface area (TPSA) is 0 Å². The summed E-state index contributed by atoms with van der Waals surface area (Å²) >= 11 is 0. The molecule has 1 heteroatoms. The van der Waals surface area contributed by atoms with E-state index in [4.69, 9.17) is 0 Å². The minimum Gasteiger partial charge on any atom is -0.103 e. The van der Waals surface area contributed by atoms with E-state index in [0.29, 0.717) is 5.54 Å². The molecular weight excluding hydrogens is 400 g/mol. The number of hydrogen-bond acceptors (Lipinski definition) is 0. The average molecular weight is 435 g/mol. The van der Waals surface area contributed by atoms with Crippen molar-refractivity contribution in [2.45, 2.75) is 61.7 Å². The molecule has 0 amide bonds. The lowest BCUT2D eigenvalue weighted by atomic mass is 9.79. The van der Waals surface area contributed by atoms with Crippen molar-refractivity contribution in [1.29, 1.82) is 0 Å². The molecule has 32 heavy (non-hydrogen) atoms. The smallest absolute Gasteiger partial charge is 0.0716 e. The van der Waals surface area contributed by atoms with Crippen molar-refractivity contribution in [2.75, 3.05) is 0 Å². The van der Waals surface area contributed by atoms with Gasteiger partial charge in [0.05, 0.1) is 8.07 Å². The summed E-state index contributed by atoms with van der Waals surface area (Å²) in [6.45, 7) is 6.92. The molecule has 3 aliphatic rings. The highest BCUT2D eigenvalue weighted by molar-refractivity contribution is 6.82. The van der Waals surface area contributed by atoms with E-state index >= 15 is 0 Å². The van der Waals surface area contributed by atoms with Crippen LogP contribution in [-0.2, 0) is 0 Å². The van der Waals surface area contributed by atoms with E-state index in [9.17, 15) is 0 Å². The van der Waals surface area contributed by atoms with Crippen molar-refractivity contribution >= 4 is 8.07 Å². The van der Waals surface area contributed by atoms with E-state index < -0.39 is 8.07 Å². The van der Waals surface area contributed by atoms with E-state index in [-0.39, 0.29) is 0 Å². The van der Waals surface area contributed by atoms with Crippen molar-refractivity contribution < 1.29 is 0 Å². The van der Waals surface area contributed by atoms with Crippen LogP contribution in [0.5, 0.6) is 0 Å². The maximum absolute atomic E-state index is 4.15. The maximum atomic E-state index is 4.15. The van der Waals surface area contributed by atoms with Crippen LogP contribution < -0.4 is 0 Å². The monoisotopic (exact) mass is 434 g/mol. The van der Waals surface area contributed by atoms with E-state index in [1.807, 2.05) is 0 Å². The number of rotatable bonds is 5. The zero-order valence-corrected chi connectivity index (χ0v) is 20.3. The Kier molecular flexibility index (Phi) is 4.99. The molecule has 2 unspecified atom stereocenters. The molecule has 0 radical (unpaired) electrons. The van der Waals surface area contributed by atoms with Gasteiger partial charge in [-0.3, -0.25) is 0 Å². The summed E-state index contributed by atoms with van der Waals surface area (Å²) in [5.41, 5.74) is 10.9. The molecule has 3 aliphatic carbocycles. The fourth-order valence-electron chi connectivity index (χ4n) is 7.91. The Morgan fingerprint density at radius 3 is 2.00 bits per heavy atom. The second kappa shape index (κ2) is 7.88. The highest BCUT2D eigenvalue weighted by atomic mass is 28.3. The molecule has 0 nitrogen and oxygen atoms in total. The third-order valence-corrected chi connectivity index (χ3v) is 14.5. The molecule has 0 N–H and O–H groups in total. The molecule has 0 saturated heterocycles. The summed E-state index contributed by atoms with van der Waals surface area (Å²) in [6, 6.07) is 29.5. The first-order chi connectivity index (χ1) is 15.7. The fourth-order valence-corrected chi connectivity index (χ4v) is 14.0. The number of hydrogen-bond donors (Lipinski definition) is 0. The van der Waals surface area contributed by atoms with Crippen LogP contribution in [0.15, 0.2) is 85.5 Å².